The van der Waals surface area contributed by atoms with Gasteiger partial charge in [0.25, 0.3) is 11.8 Å². The lowest BCUT2D eigenvalue weighted by atomic mass is 10.1. The Bertz CT molecular complexity index is 956. The van der Waals surface area contributed by atoms with E-state index < -0.39 is 0 Å². The molecule has 1 aromatic heterocycles. The van der Waals surface area contributed by atoms with E-state index in [4.69, 9.17) is 0 Å². The Labute approximate surface area is 168 Å². The average molecular weight is 395 g/mol. The molecule has 1 unspecified atom stereocenters. The number of hydrogen-bond acceptors (Lipinski definition) is 5. The topological polar surface area (TPSA) is 84.0 Å². The fraction of sp³-hybridized carbons (Fsp3) is 0.238. The summed E-state index contributed by atoms with van der Waals surface area (Å²) in [6, 6.07) is 15.7. The first kappa shape index (κ1) is 19.7. The molecule has 28 heavy (non-hydrogen) atoms. The largest absolute Gasteiger partial charge is 0.322 e. The molecule has 1 atom stereocenters. The maximum Gasteiger partial charge on any atom is 0.257 e. The zero-order valence-electron chi connectivity index (χ0n) is 15.8. The lowest BCUT2D eigenvalue weighted by Gasteiger charge is -2.07. The normalized spacial score (nSPS) is 11.6. The SMILES string of the molecule is CCCC(C)c1nnc(NC(=O)c2cccc(NC(=O)c3ccccc3)c2)s1. The Kier molecular flexibility index (Phi) is 6.49. The average Bonchev–Trinajstić information content (AvgIpc) is 3.17. The van der Waals surface area contributed by atoms with Crippen LogP contribution in [0.5, 0.6) is 0 Å². The van der Waals surface area contributed by atoms with Crippen LogP contribution in [-0.4, -0.2) is 22.0 Å². The summed E-state index contributed by atoms with van der Waals surface area (Å²) >= 11 is 1.39. The van der Waals surface area contributed by atoms with Crippen molar-refractivity contribution in [3.05, 3.63) is 70.7 Å². The molecule has 1 heterocycles. The van der Waals surface area contributed by atoms with Gasteiger partial charge >= 0.3 is 0 Å². The molecule has 7 heteroatoms. The van der Waals surface area contributed by atoms with Gasteiger partial charge < -0.3 is 5.32 Å². The van der Waals surface area contributed by atoms with E-state index in [-0.39, 0.29) is 11.8 Å². The maximum absolute atomic E-state index is 12.5. The van der Waals surface area contributed by atoms with Crippen LogP contribution in [0.3, 0.4) is 0 Å². The first-order valence-corrected chi connectivity index (χ1v) is 9.99. The highest BCUT2D eigenvalue weighted by Crippen LogP contribution is 2.26. The van der Waals surface area contributed by atoms with E-state index in [0.717, 1.165) is 17.8 Å². The Morgan fingerprint density at radius 1 is 0.964 bits per heavy atom. The molecule has 2 amide bonds. The molecule has 0 bridgehead atoms. The molecule has 144 valence electrons. The van der Waals surface area contributed by atoms with E-state index in [0.29, 0.717) is 27.9 Å². The number of hydrogen-bond donors (Lipinski definition) is 2. The molecule has 0 spiro atoms. The molecule has 2 aromatic carbocycles. The molecular weight excluding hydrogens is 372 g/mol. The number of nitrogens with one attached hydrogen (secondary N) is 2. The van der Waals surface area contributed by atoms with Gasteiger partial charge in [-0.15, -0.1) is 10.2 Å². The molecule has 0 radical (unpaired) electrons. The third-order valence-electron chi connectivity index (χ3n) is 4.22. The van der Waals surface area contributed by atoms with E-state index in [9.17, 15) is 9.59 Å². The first-order chi connectivity index (χ1) is 13.6. The zero-order chi connectivity index (χ0) is 19.9. The molecule has 0 aliphatic heterocycles. The molecule has 3 rings (SSSR count). The van der Waals surface area contributed by atoms with E-state index in [1.807, 2.05) is 6.07 Å². The van der Waals surface area contributed by atoms with E-state index in [2.05, 4.69) is 34.7 Å². The van der Waals surface area contributed by atoms with E-state index in [1.54, 1.807) is 48.5 Å². The summed E-state index contributed by atoms with van der Waals surface area (Å²) in [5.41, 5.74) is 1.54. The van der Waals surface area contributed by atoms with Gasteiger partial charge in [-0.25, -0.2) is 0 Å². The Morgan fingerprint density at radius 2 is 1.68 bits per heavy atom. The summed E-state index contributed by atoms with van der Waals surface area (Å²) in [5.74, 6) is -0.192. The second-order valence-electron chi connectivity index (χ2n) is 6.49. The Morgan fingerprint density at radius 3 is 2.43 bits per heavy atom. The van der Waals surface area contributed by atoms with Gasteiger partial charge in [-0.3, -0.25) is 14.9 Å². The van der Waals surface area contributed by atoms with Crippen LogP contribution in [0.15, 0.2) is 54.6 Å². The first-order valence-electron chi connectivity index (χ1n) is 9.18. The molecule has 0 aliphatic carbocycles. The van der Waals surface area contributed by atoms with Crippen molar-refractivity contribution < 1.29 is 9.59 Å². The quantitative estimate of drug-likeness (QED) is 0.594. The highest BCUT2D eigenvalue weighted by molar-refractivity contribution is 7.15. The lowest BCUT2D eigenvalue weighted by molar-refractivity contribution is 0.101. The smallest absolute Gasteiger partial charge is 0.257 e. The molecule has 0 saturated carbocycles. The van der Waals surface area contributed by atoms with Crippen LogP contribution in [-0.2, 0) is 0 Å². The van der Waals surface area contributed by atoms with Crippen LogP contribution >= 0.6 is 11.3 Å². The van der Waals surface area contributed by atoms with Crippen molar-refractivity contribution in [3.63, 3.8) is 0 Å². The standard InChI is InChI=1S/C21H22N4O2S/c1-3-8-14(2)20-24-25-21(28-20)23-19(27)16-11-7-12-17(13-16)22-18(26)15-9-5-4-6-10-15/h4-7,9-14H,3,8H2,1-2H3,(H,22,26)(H,23,25,27). The van der Waals surface area contributed by atoms with Gasteiger partial charge in [0.2, 0.25) is 5.13 Å². The van der Waals surface area contributed by atoms with Crippen LogP contribution in [0, 0.1) is 0 Å². The number of carbonyl (C=O) groups excluding carboxylic acids is 2. The third-order valence-corrected chi connectivity index (χ3v) is 5.29. The summed E-state index contributed by atoms with van der Waals surface area (Å²) in [7, 11) is 0. The van der Waals surface area contributed by atoms with Gasteiger partial charge in [-0.2, -0.15) is 0 Å². The molecule has 3 aromatic rings. The maximum atomic E-state index is 12.5. The Hall–Kier alpha value is -3.06. The van der Waals surface area contributed by atoms with Gasteiger partial charge in [0.1, 0.15) is 5.01 Å². The molecular formula is C21H22N4O2S. The predicted molar refractivity (Wildman–Crippen MR) is 112 cm³/mol. The summed E-state index contributed by atoms with van der Waals surface area (Å²) < 4.78 is 0. The molecule has 0 fully saturated rings. The number of nitrogens with zero attached hydrogens (tertiary/aromatic N) is 2. The van der Waals surface area contributed by atoms with Gasteiger partial charge in [0.05, 0.1) is 0 Å². The minimum Gasteiger partial charge on any atom is -0.322 e. The van der Waals surface area contributed by atoms with Crippen LogP contribution in [0.1, 0.15) is 58.3 Å². The lowest BCUT2D eigenvalue weighted by Crippen LogP contribution is -2.14. The Balaban J connectivity index is 1.66. The number of rotatable bonds is 7. The number of benzene rings is 2. The number of carbonyl (C=O) groups is 2. The van der Waals surface area contributed by atoms with Crippen molar-refractivity contribution in [2.75, 3.05) is 10.6 Å². The number of anilines is 2. The molecule has 2 N–H and O–H groups in total. The summed E-state index contributed by atoms with van der Waals surface area (Å²) in [6.45, 7) is 4.23. The van der Waals surface area contributed by atoms with Crippen molar-refractivity contribution in [1.29, 1.82) is 0 Å². The van der Waals surface area contributed by atoms with Gasteiger partial charge in [-0.1, -0.05) is 55.9 Å². The highest BCUT2D eigenvalue weighted by Gasteiger charge is 2.14. The summed E-state index contributed by atoms with van der Waals surface area (Å²) in [5, 5.41) is 15.2. The van der Waals surface area contributed by atoms with Crippen LogP contribution < -0.4 is 10.6 Å². The minimum absolute atomic E-state index is 0.225. The second-order valence-corrected chi connectivity index (χ2v) is 7.50. The van der Waals surface area contributed by atoms with Gasteiger partial charge in [-0.05, 0) is 36.8 Å². The third kappa shape index (κ3) is 5.01. The minimum atomic E-state index is -0.290. The molecule has 0 aliphatic rings. The van der Waals surface area contributed by atoms with Gasteiger partial charge in [0, 0.05) is 22.7 Å². The van der Waals surface area contributed by atoms with Gasteiger partial charge in [0.15, 0.2) is 0 Å². The van der Waals surface area contributed by atoms with Crippen molar-refractivity contribution >= 4 is 34.0 Å². The predicted octanol–water partition coefficient (Wildman–Crippen LogP) is 4.95. The van der Waals surface area contributed by atoms with E-state index >= 15 is 0 Å². The van der Waals surface area contributed by atoms with Crippen LogP contribution in [0.25, 0.3) is 0 Å². The fourth-order valence-corrected chi connectivity index (χ4v) is 3.57. The number of aromatic nitrogens is 2. The second kappa shape index (κ2) is 9.23. The van der Waals surface area contributed by atoms with E-state index in [1.165, 1.54) is 11.3 Å². The monoisotopic (exact) mass is 394 g/mol. The molecule has 0 saturated heterocycles. The van der Waals surface area contributed by atoms with Crippen molar-refractivity contribution in [3.8, 4) is 0 Å². The van der Waals surface area contributed by atoms with Crippen molar-refractivity contribution in [2.45, 2.75) is 32.6 Å². The van der Waals surface area contributed by atoms with Crippen LogP contribution in [0.4, 0.5) is 10.8 Å². The zero-order valence-corrected chi connectivity index (χ0v) is 16.6. The highest BCUT2D eigenvalue weighted by atomic mass is 32.1. The fourth-order valence-electron chi connectivity index (χ4n) is 2.74. The summed E-state index contributed by atoms with van der Waals surface area (Å²) in [6.07, 6.45) is 2.11. The van der Waals surface area contributed by atoms with Crippen molar-refractivity contribution in [2.24, 2.45) is 0 Å². The van der Waals surface area contributed by atoms with Crippen molar-refractivity contribution in [1.82, 2.24) is 10.2 Å². The molecule has 6 nitrogen and oxygen atoms in total. The number of amides is 2. The van der Waals surface area contributed by atoms with Crippen LogP contribution in [0.2, 0.25) is 0 Å². The summed E-state index contributed by atoms with van der Waals surface area (Å²) in [4.78, 5) is 24.8.